The topological polar surface area (TPSA) is 182 Å². The minimum atomic E-state index is -1.40. The average molecular weight is 402 g/mol. The van der Waals surface area contributed by atoms with E-state index in [1.165, 1.54) is 6.92 Å². The average Bonchev–Trinajstić information content (AvgIpc) is 3.12. The highest BCUT2D eigenvalue weighted by Crippen LogP contribution is 2.18. The van der Waals surface area contributed by atoms with E-state index >= 15 is 0 Å². The summed E-state index contributed by atoms with van der Waals surface area (Å²) in [5.41, 5.74) is 5.73. The molecule has 0 aromatic carbocycles. The van der Waals surface area contributed by atoms with Crippen molar-refractivity contribution in [1.82, 2.24) is 15.5 Å². The number of hydrogen-bond donors (Lipinski definition) is 6. The van der Waals surface area contributed by atoms with Crippen LogP contribution in [0.4, 0.5) is 0 Å². The van der Waals surface area contributed by atoms with Crippen LogP contribution in [0.25, 0.3) is 0 Å². The molecular weight excluding hydrogens is 372 g/mol. The van der Waals surface area contributed by atoms with Gasteiger partial charge in [0, 0.05) is 6.54 Å². The van der Waals surface area contributed by atoms with Crippen molar-refractivity contribution in [2.75, 3.05) is 13.2 Å². The molecule has 3 amide bonds. The quantitative estimate of drug-likeness (QED) is 0.242. The van der Waals surface area contributed by atoms with Gasteiger partial charge in [0.2, 0.25) is 17.7 Å². The standard InChI is InChI=1S/C17H30N4O7/c1-8(2)12(18)14(24)20-13(9(3)23)15(25)19-10(7-22)16(26)21-6-4-5-11(21)17(27)28/h8-13,22-23H,4-7,18H2,1-3H3,(H,19,25)(H,20,24)(H,27,28). The fourth-order valence-corrected chi connectivity index (χ4v) is 2.89. The lowest BCUT2D eigenvalue weighted by Gasteiger charge is -2.29. The van der Waals surface area contributed by atoms with Gasteiger partial charge in [-0.1, -0.05) is 13.8 Å². The number of aliphatic carboxylic acids is 1. The normalized spacial score (nSPS) is 21.0. The van der Waals surface area contributed by atoms with Gasteiger partial charge in [-0.05, 0) is 25.7 Å². The number of carbonyl (C=O) groups excluding carboxylic acids is 3. The lowest BCUT2D eigenvalue weighted by molar-refractivity contribution is -0.150. The molecule has 5 atom stereocenters. The van der Waals surface area contributed by atoms with E-state index in [0.29, 0.717) is 6.42 Å². The molecule has 0 aliphatic carbocycles. The molecule has 160 valence electrons. The second kappa shape index (κ2) is 10.3. The molecule has 11 heteroatoms. The van der Waals surface area contributed by atoms with Gasteiger partial charge in [0.1, 0.15) is 18.1 Å². The zero-order valence-electron chi connectivity index (χ0n) is 16.3. The molecule has 1 fully saturated rings. The summed E-state index contributed by atoms with van der Waals surface area (Å²) in [5, 5.41) is 33.2. The van der Waals surface area contributed by atoms with E-state index in [-0.39, 0.29) is 18.9 Å². The summed E-state index contributed by atoms with van der Waals surface area (Å²) in [5.74, 6) is -3.64. The Bertz CT molecular complexity index is 596. The largest absolute Gasteiger partial charge is 0.480 e. The Balaban J connectivity index is 2.85. The van der Waals surface area contributed by atoms with Crippen LogP contribution in [0.1, 0.15) is 33.6 Å². The van der Waals surface area contributed by atoms with E-state index in [1.54, 1.807) is 13.8 Å². The van der Waals surface area contributed by atoms with Crippen LogP contribution >= 0.6 is 0 Å². The van der Waals surface area contributed by atoms with Gasteiger partial charge in [-0.15, -0.1) is 0 Å². The Morgan fingerprint density at radius 1 is 1.14 bits per heavy atom. The van der Waals surface area contributed by atoms with Crippen molar-refractivity contribution in [2.45, 2.75) is 63.9 Å². The third-order valence-corrected chi connectivity index (χ3v) is 4.70. The molecule has 11 nitrogen and oxygen atoms in total. The maximum absolute atomic E-state index is 12.6. The van der Waals surface area contributed by atoms with Crippen molar-refractivity contribution in [3.63, 3.8) is 0 Å². The number of aliphatic hydroxyl groups is 2. The first-order valence-electron chi connectivity index (χ1n) is 9.19. The van der Waals surface area contributed by atoms with Gasteiger partial charge in [0.25, 0.3) is 0 Å². The first kappa shape index (κ1) is 23.8. The number of hydrogen-bond acceptors (Lipinski definition) is 7. The molecule has 0 aromatic rings. The van der Waals surface area contributed by atoms with Crippen molar-refractivity contribution in [3.8, 4) is 0 Å². The summed E-state index contributed by atoms with van der Waals surface area (Å²) in [4.78, 5) is 49.5. The van der Waals surface area contributed by atoms with Crippen molar-refractivity contribution in [2.24, 2.45) is 11.7 Å². The van der Waals surface area contributed by atoms with Gasteiger partial charge in [-0.3, -0.25) is 14.4 Å². The monoisotopic (exact) mass is 402 g/mol. The van der Waals surface area contributed by atoms with Crippen LogP contribution in [0.3, 0.4) is 0 Å². The number of carboxylic acids is 1. The van der Waals surface area contributed by atoms with Gasteiger partial charge >= 0.3 is 5.97 Å². The molecule has 28 heavy (non-hydrogen) atoms. The SMILES string of the molecule is CC(C)C(N)C(=O)NC(C(=O)NC(CO)C(=O)N1CCCC1C(=O)O)C(C)O. The second-order valence-corrected chi connectivity index (χ2v) is 7.27. The van der Waals surface area contributed by atoms with E-state index in [0.717, 1.165) is 4.90 Å². The zero-order chi connectivity index (χ0) is 21.6. The van der Waals surface area contributed by atoms with Gasteiger partial charge < -0.3 is 36.6 Å². The number of carbonyl (C=O) groups is 4. The lowest BCUT2D eigenvalue weighted by atomic mass is 10.0. The number of nitrogens with one attached hydrogen (secondary N) is 2. The number of nitrogens with two attached hydrogens (primary N) is 1. The summed E-state index contributed by atoms with van der Waals surface area (Å²) in [6.07, 6.45) is -0.516. The predicted molar refractivity (Wildman–Crippen MR) is 97.8 cm³/mol. The molecule has 0 aromatic heterocycles. The minimum Gasteiger partial charge on any atom is -0.480 e. The van der Waals surface area contributed by atoms with Crippen molar-refractivity contribution < 1.29 is 34.5 Å². The zero-order valence-corrected chi connectivity index (χ0v) is 16.3. The maximum Gasteiger partial charge on any atom is 0.326 e. The number of amides is 3. The van der Waals surface area contributed by atoms with Gasteiger partial charge in [-0.25, -0.2) is 4.79 Å². The van der Waals surface area contributed by atoms with Crippen LogP contribution in [-0.4, -0.2) is 87.3 Å². The Morgan fingerprint density at radius 2 is 1.75 bits per heavy atom. The molecular formula is C17H30N4O7. The van der Waals surface area contributed by atoms with Crippen LogP contribution in [-0.2, 0) is 19.2 Å². The first-order chi connectivity index (χ1) is 13.0. The van der Waals surface area contributed by atoms with Crippen LogP contribution in [0.5, 0.6) is 0 Å². The number of likely N-dealkylation sites (tertiary alicyclic amines) is 1. The molecule has 1 aliphatic rings. The fourth-order valence-electron chi connectivity index (χ4n) is 2.89. The Labute approximate surface area is 163 Å². The molecule has 1 saturated heterocycles. The van der Waals surface area contributed by atoms with Gasteiger partial charge in [0.05, 0.1) is 18.8 Å². The number of carboxylic acid groups (broad SMARTS) is 1. The van der Waals surface area contributed by atoms with E-state index in [2.05, 4.69) is 10.6 Å². The molecule has 1 rings (SSSR count). The molecule has 7 N–H and O–H groups in total. The number of rotatable bonds is 9. The number of aliphatic hydroxyl groups excluding tert-OH is 2. The van der Waals surface area contributed by atoms with E-state index < -0.39 is 60.6 Å². The molecule has 0 spiro atoms. The summed E-state index contributed by atoms with van der Waals surface area (Å²) in [6.45, 7) is 4.15. The van der Waals surface area contributed by atoms with E-state index in [9.17, 15) is 34.5 Å². The lowest BCUT2D eigenvalue weighted by Crippen LogP contribution is -2.60. The summed E-state index contributed by atoms with van der Waals surface area (Å²) < 4.78 is 0. The summed E-state index contributed by atoms with van der Waals surface area (Å²) >= 11 is 0. The molecule has 0 radical (unpaired) electrons. The van der Waals surface area contributed by atoms with Crippen LogP contribution in [0.15, 0.2) is 0 Å². The van der Waals surface area contributed by atoms with Crippen LogP contribution < -0.4 is 16.4 Å². The molecule has 1 heterocycles. The highest BCUT2D eigenvalue weighted by Gasteiger charge is 2.38. The summed E-state index contributed by atoms with van der Waals surface area (Å²) in [7, 11) is 0. The molecule has 5 unspecified atom stereocenters. The predicted octanol–water partition coefficient (Wildman–Crippen LogP) is -2.61. The van der Waals surface area contributed by atoms with Crippen LogP contribution in [0.2, 0.25) is 0 Å². The van der Waals surface area contributed by atoms with Crippen molar-refractivity contribution in [3.05, 3.63) is 0 Å². The van der Waals surface area contributed by atoms with Crippen LogP contribution in [0, 0.1) is 5.92 Å². The molecule has 1 aliphatic heterocycles. The Hall–Kier alpha value is -2.24. The molecule has 0 bridgehead atoms. The van der Waals surface area contributed by atoms with Crippen molar-refractivity contribution in [1.29, 1.82) is 0 Å². The Morgan fingerprint density at radius 3 is 2.21 bits per heavy atom. The molecule has 0 saturated carbocycles. The third kappa shape index (κ3) is 5.88. The third-order valence-electron chi connectivity index (χ3n) is 4.70. The smallest absolute Gasteiger partial charge is 0.326 e. The second-order valence-electron chi connectivity index (χ2n) is 7.27. The van der Waals surface area contributed by atoms with Gasteiger partial charge in [0.15, 0.2) is 0 Å². The fraction of sp³-hybridized carbons (Fsp3) is 0.765. The van der Waals surface area contributed by atoms with Gasteiger partial charge in [-0.2, -0.15) is 0 Å². The van der Waals surface area contributed by atoms with E-state index in [4.69, 9.17) is 5.73 Å². The highest BCUT2D eigenvalue weighted by atomic mass is 16.4. The van der Waals surface area contributed by atoms with E-state index in [1.807, 2.05) is 0 Å². The first-order valence-corrected chi connectivity index (χ1v) is 9.19. The maximum atomic E-state index is 12.6. The highest BCUT2D eigenvalue weighted by molar-refractivity contribution is 5.94. The minimum absolute atomic E-state index is 0.196. The summed E-state index contributed by atoms with van der Waals surface area (Å²) in [6, 6.07) is -4.71. The number of nitrogens with zero attached hydrogens (tertiary/aromatic N) is 1. The Kier molecular flexibility index (Phi) is 8.79. The van der Waals surface area contributed by atoms with Crippen molar-refractivity contribution >= 4 is 23.7 Å².